The fourth-order valence-electron chi connectivity index (χ4n) is 3.82. The number of carbonyl (C=O) groups is 2. The lowest BCUT2D eigenvalue weighted by molar-refractivity contribution is -0.123. The quantitative estimate of drug-likeness (QED) is 0.221. The van der Waals surface area contributed by atoms with Crippen molar-refractivity contribution in [2.24, 2.45) is 0 Å². The topological polar surface area (TPSA) is 67.9 Å². The van der Waals surface area contributed by atoms with Gasteiger partial charge in [-0.3, -0.25) is 15.0 Å². The van der Waals surface area contributed by atoms with Crippen molar-refractivity contribution in [1.29, 1.82) is 0 Å². The average Bonchev–Trinajstić information content (AvgIpc) is 3.14. The lowest BCUT2D eigenvalue weighted by Crippen LogP contribution is -2.44. The van der Waals surface area contributed by atoms with E-state index in [0.29, 0.717) is 35.2 Å². The van der Waals surface area contributed by atoms with Gasteiger partial charge in [-0.2, -0.15) is 5.01 Å². The minimum Gasteiger partial charge on any atom is -0.490 e. The molecule has 3 aromatic carbocycles. The van der Waals surface area contributed by atoms with Crippen LogP contribution in [0.5, 0.6) is 11.5 Å². The minimum atomic E-state index is -0.422. The molecule has 6 nitrogen and oxygen atoms in total. The van der Waals surface area contributed by atoms with Crippen molar-refractivity contribution in [3.8, 4) is 11.5 Å². The summed E-state index contributed by atoms with van der Waals surface area (Å²) < 4.78 is 13.1. The fraction of sp³-hybridized carbons (Fsp3) is 0.207. The normalized spacial score (nSPS) is 14.2. The van der Waals surface area contributed by atoms with Crippen LogP contribution in [-0.4, -0.2) is 27.8 Å². The highest BCUT2D eigenvalue weighted by Crippen LogP contribution is 2.35. The predicted molar refractivity (Wildman–Crippen MR) is 159 cm³/mol. The van der Waals surface area contributed by atoms with Crippen LogP contribution in [0.3, 0.4) is 0 Å². The molecule has 3 aromatic rings. The number of ether oxygens (including phenoxy) is 2. The Morgan fingerprint density at radius 1 is 1.00 bits per heavy atom. The van der Waals surface area contributed by atoms with Crippen LogP contribution in [0.15, 0.2) is 64.0 Å². The number of hydrazine groups is 1. The molecule has 0 aromatic heterocycles. The number of thioether (sulfide) groups is 1. The van der Waals surface area contributed by atoms with Gasteiger partial charge in [0.25, 0.3) is 11.8 Å². The average molecular weight is 612 g/mol. The Balaban J connectivity index is 1.49. The fourth-order valence-corrected chi connectivity index (χ4v) is 5.26. The van der Waals surface area contributed by atoms with E-state index >= 15 is 0 Å². The summed E-state index contributed by atoms with van der Waals surface area (Å²) >= 11 is 9.83. The van der Waals surface area contributed by atoms with Crippen molar-refractivity contribution >= 4 is 62.1 Å². The van der Waals surface area contributed by atoms with Crippen molar-refractivity contribution in [3.63, 3.8) is 0 Å². The molecule has 0 atom stereocenters. The van der Waals surface area contributed by atoms with E-state index in [2.05, 4.69) is 54.3 Å². The number of thiocarbonyl (C=S) groups is 1. The van der Waals surface area contributed by atoms with Crippen LogP contribution in [0.2, 0.25) is 0 Å². The molecule has 0 spiro atoms. The number of rotatable bonds is 8. The number of hydrogen-bond donors (Lipinski definition) is 1. The highest BCUT2D eigenvalue weighted by molar-refractivity contribution is 9.10. The molecule has 0 bridgehead atoms. The molecule has 4 rings (SSSR count). The second-order valence-corrected chi connectivity index (χ2v) is 11.3. The predicted octanol–water partition coefficient (Wildman–Crippen LogP) is 6.90. The molecule has 1 N–H and O–H groups in total. The van der Waals surface area contributed by atoms with Crippen LogP contribution < -0.4 is 14.9 Å². The van der Waals surface area contributed by atoms with E-state index in [1.165, 1.54) is 16.7 Å². The van der Waals surface area contributed by atoms with Crippen molar-refractivity contribution < 1.29 is 19.1 Å². The SMILES string of the molecule is CCOc1cc(/C=C2/SC(=S)N(NC(=O)c3ccc(Br)cc3)C2=O)ccc1OCc1cc(C)c(C)cc1C. The van der Waals surface area contributed by atoms with Crippen LogP contribution in [0.1, 0.15) is 45.1 Å². The molecule has 1 heterocycles. The number of aryl methyl sites for hydroxylation is 3. The molecular formula is C29H27BrN2O4S2. The van der Waals surface area contributed by atoms with Gasteiger partial charge in [0, 0.05) is 10.0 Å². The lowest BCUT2D eigenvalue weighted by atomic mass is 10.0. The molecule has 0 aliphatic carbocycles. The molecule has 1 saturated heterocycles. The van der Waals surface area contributed by atoms with Crippen molar-refractivity contribution in [2.45, 2.75) is 34.3 Å². The van der Waals surface area contributed by atoms with Crippen LogP contribution in [0, 0.1) is 20.8 Å². The third-order valence-corrected chi connectivity index (χ3v) is 7.85. The molecule has 0 unspecified atom stereocenters. The minimum absolute atomic E-state index is 0.250. The number of halogens is 1. The van der Waals surface area contributed by atoms with Gasteiger partial charge in [-0.25, -0.2) is 0 Å². The van der Waals surface area contributed by atoms with E-state index in [1.807, 2.05) is 25.1 Å². The highest BCUT2D eigenvalue weighted by atomic mass is 79.9. The second kappa shape index (κ2) is 12.1. The second-order valence-electron chi connectivity index (χ2n) is 8.76. The first-order valence-electron chi connectivity index (χ1n) is 12.0. The van der Waals surface area contributed by atoms with Crippen LogP contribution in [-0.2, 0) is 11.4 Å². The van der Waals surface area contributed by atoms with Gasteiger partial charge >= 0.3 is 0 Å². The molecule has 1 fully saturated rings. The van der Waals surface area contributed by atoms with Gasteiger partial charge < -0.3 is 9.47 Å². The van der Waals surface area contributed by atoms with E-state index in [9.17, 15) is 9.59 Å². The Bertz CT molecular complexity index is 1440. The van der Waals surface area contributed by atoms with Crippen LogP contribution in [0.25, 0.3) is 6.08 Å². The maximum absolute atomic E-state index is 13.0. The Labute approximate surface area is 240 Å². The third kappa shape index (κ3) is 6.46. The van der Waals surface area contributed by atoms with Gasteiger partial charge in [0.1, 0.15) is 6.61 Å². The van der Waals surface area contributed by atoms with E-state index in [0.717, 1.165) is 32.4 Å². The first kappa shape index (κ1) is 27.9. The maximum Gasteiger partial charge on any atom is 0.285 e. The summed E-state index contributed by atoms with van der Waals surface area (Å²) in [6.07, 6.45) is 1.73. The summed E-state index contributed by atoms with van der Waals surface area (Å²) in [5.41, 5.74) is 8.54. The zero-order valence-electron chi connectivity index (χ0n) is 21.5. The summed E-state index contributed by atoms with van der Waals surface area (Å²) in [5.74, 6) is 0.390. The standard InChI is InChI=1S/C29H27BrN2O4S2/c1-5-35-25-14-20(6-11-24(25)36-16-22-13-18(3)17(2)12-19(22)4)15-26-28(34)32(29(37)38-26)31-27(33)21-7-9-23(30)10-8-21/h6-15H,5,16H2,1-4H3,(H,31,33)/b26-15+. The van der Waals surface area contributed by atoms with E-state index in [-0.39, 0.29) is 4.32 Å². The molecule has 2 amide bonds. The summed E-state index contributed by atoms with van der Waals surface area (Å²) in [5, 5.41) is 1.10. The zero-order valence-corrected chi connectivity index (χ0v) is 24.7. The Kier molecular flexibility index (Phi) is 8.91. The largest absolute Gasteiger partial charge is 0.490 e. The number of nitrogens with zero attached hydrogens (tertiary/aromatic N) is 1. The van der Waals surface area contributed by atoms with Crippen LogP contribution in [0.4, 0.5) is 0 Å². The highest BCUT2D eigenvalue weighted by Gasteiger charge is 2.33. The molecule has 1 aliphatic rings. The summed E-state index contributed by atoms with van der Waals surface area (Å²) in [7, 11) is 0. The number of nitrogens with one attached hydrogen (secondary N) is 1. The third-order valence-electron chi connectivity index (χ3n) is 6.01. The smallest absolute Gasteiger partial charge is 0.285 e. The van der Waals surface area contributed by atoms with E-state index in [1.54, 1.807) is 30.3 Å². The molecule has 1 aliphatic heterocycles. The van der Waals surface area contributed by atoms with Crippen molar-refractivity contribution in [1.82, 2.24) is 10.4 Å². The summed E-state index contributed by atoms with van der Waals surface area (Å²) in [6.45, 7) is 9.06. The Morgan fingerprint density at radius 3 is 2.42 bits per heavy atom. The van der Waals surface area contributed by atoms with Gasteiger partial charge in [0.15, 0.2) is 15.8 Å². The molecule has 9 heteroatoms. The number of benzene rings is 3. The monoisotopic (exact) mass is 610 g/mol. The van der Waals surface area contributed by atoms with Crippen molar-refractivity contribution in [3.05, 3.63) is 97.4 Å². The van der Waals surface area contributed by atoms with Gasteiger partial charge in [0.2, 0.25) is 0 Å². The summed E-state index contributed by atoms with van der Waals surface area (Å²) in [6, 6.07) is 16.7. The first-order valence-corrected chi connectivity index (χ1v) is 14.0. The summed E-state index contributed by atoms with van der Waals surface area (Å²) in [4.78, 5) is 26.0. The van der Waals surface area contributed by atoms with Gasteiger partial charge in [0.05, 0.1) is 11.5 Å². The zero-order chi connectivity index (χ0) is 27.4. The molecular weight excluding hydrogens is 584 g/mol. The number of amides is 2. The number of hydrogen-bond acceptors (Lipinski definition) is 6. The molecule has 38 heavy (non-hydrogen) atoms. The van der Waals surface area contributed by atoms with E-state index in [4.69, 9.17) is 21.7 Å². The van der Waals surface area contributed by atoms with Gasteiger partial charge in [-0.05, 0) is 110 Å². The Morgan fingerprint density at radius 2 is 1.71 bits per heavy atom. The van der Waals surface area contributed by atoms with Gasteiger partial charge in [-0.1, -0.05) is 45.9 Å². The first-order chi connectivity index (χ1) is 18.2. The Hall–Kier alpha value is -3.14. The maximum atomic E-state index is 13.0. The lowest BCUT2D eigenvalue weighted by Gasteiger charge is -2.15. The van der Waals surface area contributed by atoms with Gasteiger partial charge in [-0.15, -0.1) is 0 Å². The van der Waals surface area contributed by atoms with Crippen molar-refractivity contribution in [2.75, 3.05) is 6.61 Å². The number of carbonyl (C=O) groups excluding carboxylic acids is 2. The van der Waals surface area contributed by atoms with Crippen LogP contribution >= 0.6 is 39.9 Å². The molecule has 0 saturated carbocycles. The van der Waals surface area contributed by atoms with E-state index < -0.39 is 11.8 Å². The molecule has 196 valence electrons. The molecule has 0 radical (unpaired) electrons.